The molecule has 2 atom stereocenters. The van der Waals surface area contributed by atoms with E-state index >= 15 is 0 Å². The number of carbonyl (C=O) groups excluding carboxylic acids is 2. The van der Waals surface area contributed by atoms with Gasteiger partial charge in [-0.2, -0.15) is 4.98 Å². The number of piperidine rings is 1. The largest absolute Gasteiger partial charge is 0.497 e. The highest BCUT2D eigenvalue weighted by Crippen LogP contribution is 2.31. The number of rotatable bonds is 4. The molecular weight excluding hydrogens is 386 g/mol. The van der Waals surface area contributed by atoms with Gasteiger partial charge in [-0.3, -0.25) is 19.4 Å². The lowest BCUT2D eigenvalue weighted by atomic mass is 9.92. The molecule has 30 heavy (non-hydrogen) atoms. The Morgan fingerprint density at radius 1 is 1.33 bits per heavy atom. The maximum atomic E-state index is 12.9. The average molecular weight is 411 g/mol. The van der Waals surface area contributed by atoms with Gasteiger partial charge in [-0.1, -0.05) is 13.0 Å². The molecule has 0 unspecified atom stereocenters. The Morgan fingerprint density at radius 2 is 2.17 bits per heavy atom. The summed E-state index contributed by atoms with van der Waals surface area (Å²) in [7, 11) is 1.54. The molecule has 1 fully saturated rings. The molecule has 158 valence electrons. The highest BCUT2D eigenvalue weighted by atomic mass is 16.5. The first-order valence-electron chi connectivity index (χ1n) is 10.1. The van der Waals surface area contributed by atoms with Crippen LogP contribution in [-0.2, 0) is 9.59 Å². The molecular formula is C21H25N5O4. The Morgan fingerprint density at radius 3 is 2.93 bits per heavy atom. The Hall–Kier alpha value is -3.36. The quantitative estimate of drug-likeness (QED) is 0.709. The van der Waals surface area contributed by atoms with Crippen LogP contribution in [0.3, 0.4) is 0 Å². The number of hydrogen-bond acceptors (Lipinski definition) is 6. The maximum absolute atomic E-state index is 12.9. The van der Waals surface area contributed by atoms with Crippen LogP contribution in [0.15, 0.2) is 29.1 Å². The standard InChI is InChI=1S/C21H25N5O4/c1-12-5-4-8-26(11-12)21-24-18-17(20(29)25-21)15(10-16(27)23-18)19(28)22-13-6-3-7-14(9-13)30-2/h3,6-7,9,12,15H,4-5,8,10-11H2,1-2H3,(H,22,28)(H2,23,24,25,27,29)/t12-,15+/m1/s1. The molecule has 2 aliphatic rings. The Kier molecular flexibility index (Phi) is 5.43. The zero-order chi connectivity index (χ0) is 21.3. The third-order valence-corrected chi connectivity index (χ3v) is 5.55. The summed E-state index contributed by atoms with van der Waals surface area (Å²) in [6.07, 6.45) is 2.03. The van der Waals surface area contributed by atoms with Crippen molar-refractivity contribution < 1.29 is 14.3 Å². The Balaban J connectivity index is 1.63. The molecule has 1 saturated heterocycles. The van der Waals surface area contributed by atoms with E-state index in [0.29, 0.717) is 23.3 Å². The zero-order valence-electron chi connectivity index (χ0n) is 17.0. The fourth-order valence-electron chi connectivity index (χ4n) is 4.05. The van der Waals surface area contributed by atoms with Gasteiger partial charge in [0.25, 0.3) is 5.56 Å². The number of amides is 2. The SMILES string of the molecule is COc1cccc(NC(=O)[C@H]2CC(=O)Nc3nc(N4CCC[C@@H](C)C4)[nH]c(=O)c32)c1. The van der Waals surface area contributed by atoms with Gasteiger partial charge in [-0.25, -0.2) is 0 Å². The van der Waals surface area contributed by atoms with Gasteiger partial charge in [-0.15, -0.1) is 0 Å². The molecule has 3 heterocycles. The second kappa shape index (κ2) is 8.17. The van der Waals surface area contributed by atoms with E-state index in [1.807, 2.05) is 4.90 Å². The van der Waals surface area contributed by atoms with Crippen LogP contribution in [0.1, 0.15) is 37.7 Å². The lowest BCUT2D eigenvalue weighted by molar-refractivity contribution is -0.123. The van der Waals surface area contributed by atoms with E-state index in [-0.39, 0.29) is 23.7 Å². The van der Waals surface area contributed by atoms with Gasteiger partial charge >= 0.3 is 0 Å². The van der Waals surface area contributed by atoms with Gasteiger partial charge in [0.1, 0.15) is 11.6 Å². The molecule has 1 aromatic carbocycles. The summed E-state index contributed by atoms with van der Waals surface area (Å²) < 4.78 is 5.17. The highest BCUT2D eigenvalue weighted by molar-refractivity contribution is 6.04. The first-order valence-corrected chi connectivity index (χ1v) is 10.1. The third-order valence-electron chi connectivity index (χ3n) is 5.55. The van der Waals surface area contributed by atoms with Crippen LogP contribution in [0.5, 0.6) is 5.75 Å². The predicted molar refractivity (Wildman–Crippen MR) is 113 cm³/mol. The lowest BCUT2D eigenvalue weighted by Gasteiger charge is -2.32. The van der Waals surface area contributed by atoms with Crippen molar-refractivity contribution in [1.82, 2.24) is 9.97 Å². The molecule has 4 rings (SSSR count). The average Bonchev–Trinajstić information content (AvgIpc) is 2.72. The number of carbonyl (C=O) groups is 2. The number of hydrogen-bond donors (Lipinski definition) is 3. The minimum Gasteiger partial charge on any atom is -0.497 e. The van der Waals surface area contributed by atoms with Gasteiger partial charge < -0.3 is 20.3 Å². The van der Waals surface area contributed by atoms with Crippen molar-refractivity contribution in [3.8, 4) is 5.75 Å². The monoisotopic (exact) mass is 411 g/mol. The summed E-state index contributed by atoms with van der Waals surface area (Å²) in [5, 5.41) is 5.43. The number of fused-ring (bicyclic) bond motifs is 1. The number of methoxy groups -OCH3 is 1. The highest BCUT2D eigenvalue weighted by Gasteiger charge is 2.35. The maximum Gasteiger partial charge on any atom is 0.258 e. The molecule has 1 aromatic heterocycles. The predicted octanol–water partition coefficient (Wildman–Crippen LogP) is 2.08. The first-order chi connectivity index (χ1) is 14.4. The van der Waals surface area contributed by atoms with E-state index in [1.165, 1.54) is 7.11 Å². The number of nitrogens with one attached hydrogen (secondary N) is 3. The second-order valence-corrected chi connectivity index (χ2v) is 7.87. The number of nitrogens with zero attached hydrogens (tertiary/aromatic N) is 2. The summed E-state index contributed by atoms with van der Waals surface area (Å²) in [5.41, 5.74) is 0.304. The van der Waals surface area contributed by atoms with E-state index in [0.717, 1.165) is 25.9 Å². The van der Waals surface area contributed by atoms with Crippen LogP contribution in [0.4, 0.5) is 17.5 Å². The minimum atomic E-state index is -0.925. The molecule has 0 spiro atoms. The van der Waals surface area contributed by atoms with Crippen molar-refractivity contribution in [3.05, 3.63) is 40.2 Å². The Bertz CT molecular complexity index is 1030. The fourth-order valence-corrected chi connectivity index (χ4v) is 4.05. The van der Waals surface area contributed by atoms with Crippen molar-refractivity contribution in [2.24, 2.45) is 5.92 Å². The molecule has 9 heteroatoms. The topological polar surface area (TPSA) is 116 Å². The zero-order valence-corrected chi connectivity index (χ0v) is 17.0. The van der Waals surface area contributed by atoms with Gasteiger partial charge in [0.05, 0.1) is 18.6 Å². The fraction of sp³-hybridized carbons (Fsp3) is 0.429. The molecule has 2 aromatic rings. The van der Waals surface area contributed by atoms with Crippen LogP contribution < -0.4 is 25.8 Å². The van der Waals surface area contributed by atoms with Gasteiger partial charge in [0.15, 0.2) is 0 Å². The molecule has 0 bridgehead atoms. The summed E-state index contributed by atoms with van der Waals surface area (Å²) >= 11 is 0. The van der Waals surface area contributed by atoms with Crippen LogP contribution in [-0.4, -0.2) is 42.0 Å². The van der Waals surface area contributed by atoms with Crippen molar-refractivity contribution in [1.29, 1.82) is 0 Å². The Labute approximate surface area is 173 Å². The lowest BCUT2D eigenvalue weighted by Crippen LogP contribution is -2.40. The van der Waals surface area contributed by atoms with E-state index in [9.17, 15) is 14.4 Å². The first kappa shape index (κ1) is 19.9. The van der Waals surface area contributed by atoms with E-state index in [2.05, 4.69) is 27.5 Å². The van der Waals surface area contributed by atoms with Crippen LogP contribution >= 0.6 is 0 Å². The number of aromatic nitrogens is 2. The molecule has 0 radical (unpaired) electrons. The smallest absolute Gasteiger partial charge is 0.258 e. The van der Waals surface area contributed by atoms with Gasteiger partial charge in [-0.05, 0) is 30.9 Å². The number of ether oxygens (including phenoxy) is 1. The third kappa shape index (κ3) is 4.00. The number of anilines is 3. The van der Waals surface area contributed by atoms with E-state index in [4.69, 9.17) is 4.74 Å². The van der Waals surface area contributed by atoms with Crippen LogP contribution in [0, 0.1) is 5.92 Å². The molecule has 2 amide bonds. The van der Waals surface area contributed by atoms with E-state index in [1.54, 1.807) is 24.3 Å². The van der Waals surface area contributed by atoms with Crippen molar-refractivity contribution in [2.75, 3.05) is 35.7 Å². The summed E-state index contributed by atoms with van der Waals surface area (Å²) in [6.45, 7) is 3.73. The van der Waals surface area contributed by atoms with Gasteiger partial charge in [0.2, 0.25) is 17.8 Å². The summed E-state index contributed by atoms with van der Waals surface area (Å²) in [4.78, 5) is 47.4. The van der Waals surface area contributed by atoms with Crippen LogP contribution in [0.25, 0.3) is 0 Å². The number of H-pyrrole nitrogens is 1. The van der Waals surface area contributed by atoms with Crippen molar-refractivity contribution in [3.63, 3.8) is 0 Å². The second-order valence-electron chi connectivity index (χ2n) is 7.87. The van der Waals surface area contributed by atoms with Gasteiger partial charge in [0, 0.05) is 31.3 Å². The van der Waals surface area contributed by atoms with Crippen LogP contribution in [0.2, 0.25) is 0 Å². The molecule has 0 aliphatic carbocycles. The summed E-state index contributed by atoms with van der Waals surface area (Å²) in [5.74, 6) is -0.0278. The molecule has 9 nitrogen and oxygen atoms in total. The van der Waals surface area contributed by atoms with Crippen molar-refractivity contribution in [2.45, 2.75) is 32.1 Å². The normalized spacial score (nSPS) is 20.9. The molecule has 2 aliphatic heterocycles. The van der Waals surface area contributed by atoms with Crippen molar-refractivity contribution >= 4 is 29.3 Å². The number of benzene rings is 1. The number of aromatic amines is 1. The van der Waals surface area contributed by atoms with E-state index < -0.39 is 17.4 Å². The molecule has 0 saturated carbocycles. The molecule has 3 N–H and O–H groups in total. The summed E-state index contributed by atoms with van der Waals surface area (Å²) in [6, 6.07) is 6.89. The minimum absolute atomic E-state index is 0.117.